The van der Waals surface area contributed by atoms with E-state index >= 15 is 0 Å². The maximum absolute atomic E-state index is 11.6. The summed E-state index contributed by atoms with van der Waals surface area (Å²) in [4.78, 5) is 14.8. The molecular weight excluding hydrogens is 190 g/mol. The number of fused-ring (bicyclic) bond motifs is 1. The highest BCUT2D eigenvalue weighted by Crippen LogP contribution is 2.25. The number of aryl methyl sites for hydroxylation is 2. The number of rotatable bonds is 1. The summed E-state index contributed by atoms with van der Waals surface area (Å²) in [6.45, 7) is 3.87. The van der Waals surface area contributed by atoms with Gasteiger partial charge >= 0.3 is 5.97 Å². The quantitative estimate of drug-likeness (QED) is 0.724. The summed E-state index contributed by atoms with van der Waals surface area (Å²) >= 11 is 0. The minimum atomic E-state index is -0.284. The van der Waals surface area contributed by atoms with Crippen LogP contribution in [0.2, 0.25) is 0 Å². The van der Waals surface area contributed by atoms with Crippen LogP contribution in [0.5, 0.6) is 0 Å². The van der Waals surface area contributed by atoms with Crippen molar-refractivity contribution < 1.29 is 9.53 Å². The number of carbonyl (C=O) groups excluding carboxylic acids is 1. The van der Waals surface area contributed by atoms with Gasteiger partial charge in [0.25, 0.3) is 0 Å². The lowest BCUT2D eigenvalue weighted by Gasteiger charge is -2.00. The van der Waals surface area contributed by atoms with E-state index in [1.54, 1.807) is 0 Å². The summed E-state index contributed by atoms with van der Waals surface area (Å²) in [5, 5.41) is 0.960. The van der Waals surface area contributed by atoms with Crippen LogP contribution in [0.25, 0.3) is 10.9 Å². The Balaban J connectivity index is 2.82. The van der Waals surface area contributed by atoms with E-state index in [1.165, 1.54) is 7.11 Å². The maximum Gasteiger partial charge on any atom is 0.340 e. The number of carbonyl (C=O) groups is 1. The number of aromatic amines is 1. The van der Waals surface area contributed by atoms with Crippen molar-refractivity contribution in [1.29, 1.82) is 0 Å². The van der Waals surface area contributed by atoms with Gasteiger partial charge in [-0.3, -0.25) is 0 Å². The lowest BCUT2D eigenvalue weighted by Crippen LogP contribution is -2.02. The molecule has 0 aliphatic carbocycles. The number of methoxy groups -OCH3 is 1. The van der Waals surface area contributed by atoms with Crippen LogP contribution in [0.15, 0.2) is 18.2 Å². The molecule has 0 saturated heterocycles. The lowest BCUT2D eigenvalue weighted by molar-refractivity contribution is 0.0602. The van der Waals surface area contributed by atoms with Gasteiger partial charge in [-0.05, 0) is 25.5 Å². The second-order valence-electron chi connectivity index (χ2n) is 3.61. The molecule has 0 spiro atoms. The molecule has 3 nitrogen and oxygen atoms in total. The van der Waals surface area contributed by atoms with Crippen molar-refractivity contribution in [2.24, 2.45) is 0 Å². The molecule has 0 radical (unpaired) electrons. The first-order chi connectivity index (χ1) is 7.15. The lowest BCUT2D eigenvalue weighted by atomic mass is 10.1. The van der Waals surface area contributed by atoms with E-state index in [0.717, 1.165) is 22.2 Å². The second-order valence-corrected chi connectivity index (χ2v) is 3.61. The number of hydrogen-bond acceptors (Lipinski definition) is 2. The van der Waals surface area contributed by atoms with E-state index in [1.807, 2.05) is 32.0 Å². The van der Waals surface area contributed by atoms with Crippen molar-refractivity contribution in [2.45, 2.75) is 13.8 Å². The minimum Gasteiger partial charge on any atom is -0.465 e. The summed E-state index contributed by atoms with van der Waals surface area (Å²) in [5.41, 5.74) is 3.56. The molecule has 2 aromatic rings. The van der Waals surface area contributed by atoms with Crippen molar-refractivity contribution in [3.8, 4) is 0 Å². The summed E-state index contributed by atoms with van der Waals surface area (Å²) in [7, 11) is 1.40. The van der Waals surface area contributed by atoms with E-state index in [4.69, 9.17) is 4.74 Å². The first-order valence-corrected chi connectivity index (χ1v) is 4.81. The fourth-order valence-corrected chi connectivity index (χ4v) is 1.91. The number of ether oxygens (including phenoxy) is 1. The molecule has 78 valence electrons. The Bertz CT molecular complexity index is 526. The Hall–Kier alpha value is -1.77. The van der Waals surface area contributed by atoms with Gasteiger partial charge in [-0.2, -0.15) is 0 Å². The zero-order valence-electron chi connectivity index (χ0n) is 9.05. The maximum atomic E-state index is 11.6. The van der Waals surface area contributed by atoms with Gasteiger partial charge in [0.1, 0.15) is 0 Å². The third-order valence-electron chi connectivity index (χ3n) is 2.61. The molecule has 0 fully saturated rings. The standard InChI is InChI=1S/C12H13NO2/c1-7-5-4-6-9-10(7)11(8(2)13-9)12(14)15-3/h4-6,13H,1-3H3. The van der Waals surface area contributed by atoms with Crippen LogP contribution in [0.1, 0.15) is 21.6 Å². The van der Waals surface area contributed by atoms with Crippen molar-refractivity contribution in [3.63, 3.8) is 0 Å². The minimum absolute atomic E-state index is 0.284. The zero-order valence-corrected chi connectivity index (χ0v) is 9.05. The molecule has 1 heterocycles. The third-order valence-corrected chi connectivity index (χ3v) is 2.61. The molecule has 3 heteroatoms. The van der Waals surface area contributed by atoms with Crippen LogP contribution in [-0.2, 0) is 4.74 Å². The number of benzene rings is 1. The van der Waals surface area contributed by atoms with E-state index in [2.05, 4.69) is 4.98 Å². The largest absolute Gasteiger partial charge is 0.465 e. The smallest absolute Gasteiger partial charge is 0.340 e. The molecule has 0 unspecified atom stereocenters. The predicted molar refractivity (Wildman–Crippen MR) is 59.1 cm³/mol. The molecule has 0 saturated carbocycles. The predicted octanol–water partition coefficient (Wildman–Crippen LogP) is 2.57. The monoisotopic (exact) mass is 203 g/mol. The Morgan fingerprint density at radius 3 is 2.73 bits per heavy atom. The molecule has 0 bridgehead atoms. The molecule has 1 aromatic carbocycles. The van der Waals surface area contributed by atoms with E-state index < -0.39 is 0 Å². The highest BCUT2D eigenvalue weighted by Gasteiger charge is 2.17. The Kier molecular flexibility index (Phi) is 2.23. The molecule has 0 aliphatic heterocycles. The fraction of sp³-hybridized carbons (Fsp3) is 0.250. The topological polar surface area (TPSA) is 42.1 Å². The highest BCUT2D eigenvalue weighted by molar-refractivity contribution is 6.06. The van der Waals surface area contributed by atoms with Crippen molar-refractivity contribution >= 4 is 16.9 Å². The van der Waals surface area contributed by atoms with E-state index in [9.17, 15) is 4.79 Å². The summed E-state index contributed by atoms with van der Waals surface area (Å²) in [6, 6.07) is 5.92. The normalized spacial score (nSPS) is 10.6. The molecule has 0 aliphatic rings. The van der Waals surface area contributed by atoms with Crippen LogP contribution in [0.4, 0.5) is 0 Å². The number of nitrogens with one attached hydrogen (secondary N) is 1. The van der Waals surface area contributed by atoms with Crippen LogP contribution in [0.3, 0.4) is 0 Å². The van der Waals surface area contributed by atoms with Crippen LogP contribution in [-0.4, -0.2) is 18.1 Å². The van der Waals surface area contributed by atoms with Gasteiger partial charge in [-0.15, -0.1) is 0 Å². The van der Waals surface area contributed by atoms with Gasteiger partial charge in [-0.25, -0.2) is 4.79 Å². The van der Waals surface area contributed by atoms with Gasteiger partial charge in [0.05, 0.1) is 12.7 Å². The Morgan fingerprint density at radius 1 is 1.33 bits per heavy atom. The summed E-state index contributed by atoms with van der Waals surface area (Å²) in [6.07, 6.45) is 0. The molecule has 2 rings (SSSR count). The van der Waals surface area contributed by atoms with Crippen molar-refractivity contribution in [1.82, 2.24) is 4.98 Å². The first kappa shape index (κ1) is 9.77. The average Bonchev–Trinajstić information content (AvgIpc) is 2.55. The van der Waals surface area contributed by atoms with Crippen molar-refractivity contribution in [2.75, 3.05) is 7.11 Å². The molecule has 0 atom stereocenters. The molecular formula is C12H13NO2. The number of esters is 1. The summed E-state index contributed by atoms with van der Waals surface area (Å²) < 4.78 is 4.78. The van der Waals surface area contributed by atoms with Gasteiger partial charge in [0, 0.05) is 16.6 Å². The highest BCUT2D eigenvalue weighted by atomic mass is 16.5. The van der Waals surface area contributed by atoms with Gasteiger partial charge in [0.15, 0.2) is 0 Å². The summed E-state index contributed by atoms with van der Waals surface area (Å²) in [5.74, 6) is -0.284. The Labute approximate surface area is 88.1 Å². The number of H-pyrrole nitrogens is 1. The van der Waals surface area contributed by atoms with Gasteiger partial charge in [-0.1, -0.05) is 12.1 Å². The average molecular weight is 203 g/mol. The number of aromatic nitrogens is 1. The molecule has 1 N–H and O–H groups in total. The van der Waals surface area contributed by atoms with Gasteiger partial charge < -0.3 is 9.72 Å². The second kappa shape index (κ2) is 3.42. The first-order valence-electron chi connectivity index (χ1n) is 4.81. The number of hydrogen-bond donors (Lipinski definition) is 1. The fourth-order valence-electron chi connectivity index (χ4n) is 1.91. The molecule has 15 heavy (non-hydrogen) atoms. The molecule has 0 amide bonds. The zero-order chi connectivity index (χ0) is 11.0. The van der Waals surface area contributed by atoms with Crippen molar-refractivity contribution in [3.05, 3.63) is 35.0 Å². The Morgan fingerprint density at radius 2 is 2.07 bits per heavy atom. The van der Waals surface area contributed by atoms with E-state index in [-0.39, 0.29) is 5.97 Å². The van der Waals surface area contributed by atoms with E-state index in [0.29, 0.717) is 5.56 Å². The van der Waals surface area contributed by atoms with Crippen LogP contribution < -0.4 is 0 Å². The third kappa shape index (κ3) is 1.40. The SMILES string of the molecule is COC(=O)c1c(C)[nH]c2cccc(C)c12. The van der Waals surface area contributed by atoms with Crippen LogP contribution >= 0.6 is 0 Å². The van der Waals surface area contributed by atoms with Gasteiger partial charge in [0.2, 0.25) is 0 Å². The van der Waals surface area contributed by atoms with Crippen LogP contribution in [0, 0.1) is 13.8 Å². The molecule has 1 aromatic heterocycles.